The van der Waals surface area contributed by atoms with Crippen LogP contribution in [0.25, 0.3) is 0 Å². The summed E-state index contributed by atoms with van der Waals surface area (Å²) in [6.45, 7) is 10.8. The molecule has 44 heavy (non-hydrogen) atoms. The fourth-order valence-corrected chi connectivity index (χ4v) is 6.55. The molecule has 0 aromatic heterocycles. The summed E-state index contributed by atoms with van der Waals surface area (Å²) in [5.41, 5.74) is 5.05. The molecule has 242 valence electrons. The number of rotatable bonds is 22. The Kier molecular flexibility index (Phi) is 16.4. The molecule has 0 aliphatic heterocycles. The van der Waals surface area contributed by atoms with Crippen LogP contribution in [0.5, 0.6) is 11.5 Å². The van der Waals surface area contributed by atoms with E-state index < -0.39 is 0 Å². The third-order valence-electron chi connectivity index (χ3n) is 9.07. The Labute approximate surface area is 286 Å². The first kappa shape index (κ1) is 36.7. The molecule has 0 heterocycles. The summed E-state index contributed by atoms with van der Waals surface area (Å²) < 4.78 is 12.1. The molecule has 0 bridgehead atoms. The van der Waals surface area contributed by atoms with Gasteiger partial charge in [-0.05, 0) is 72.2 Å². The molecular formula is C40H56Br2O2. The molecule has 2 nitrogen and oxygen atoms in total. The third kappa shape index (κ3) is 11.9. The van der Waals surface area contributed by atoms with Gasteiger partial charge >= 0.3 is 0 Å². The Balaban J connectivity index is 1.49. The van der Waals surface area contributed by atoms with Crippen LogP contribution in [0.4, 0.5) is 0 Å². The van der Waals surface area contributed by atoms with Crippen molar-refractivity contribution in [2.24, 2.45) is 0 Å². The largest absolute Gasteiger partial charge is 0.494 e. The zero-order chi connectivity index (χ0) is 31.7. The van der Waals surface area contributed by atoms with Crippen molar-refractivity contribution in [3.8, 4) is 11.5 Å². The van der Waals surface area contributed by atoms with E-state index in [-0.39, 0.29) is 10.8 Å². The number of halogens is 2. The normalized spacial score (nSPS) is 12.0. The van der Waals surface area contributed by atoms with Gasteiger partial charge in [0.05, 0.1) is 13.2 Å². The van der Waals surface area contributed by atoms with Gasteiger partial charge in [-0.25, -0.2) is 0 Å². The summed E-state index contributed by atoms with van der Waals surface area (Å²) in [5, 5.41) is 2.24. The van der Waals surface area contributed by atoms with Gasteiger partial charge in [0, 0.05) is 21.5 Å². The second-order valence-electron chi connectivity index (χ2n) is 13.2. The van der Waals surface area contributed by atoms with Gasteiger partial charge in [0.15, 0.2) is 0 Å². The minimum absolute atomic E-state index is 0.0943. The van der Waals surface area contributed by atoms with E-state index in [9.17, 15) is 0 Å². The zero-order valence-corrected chi connectivity index (χ0v) is 31.0. The average Bonchev–Trinajstić information content (AvgIpc) is 3.04. The van der Waals surface area contributed by atoms with Crippen molar-refractivity contribution >= 4 is 31.9 Å². The first-order chi connectivity index (χ1) is 21.3. The van der Waals surface area contributed by atoms with Crippen LogP contribution < -0.4 is 9.47 Å². The van der Waals surface area contributed by atoms with Crippen molar-refractivity contribution in [1.82, 2.24) is 0 Å². The maximum atomic E-state index is 6.04. The maximum Gasteiger partial charge on any atom is 0.119 e. The molecular weight excluding hydrogens is 672 g/mol. The average molecular weight is 729 g/mol. The van der Waals surface area contributed by atoms with Crippen LogP contribution in [0, 0.1) is 0 Å². The molecule has 4 heteroatoms. The minimum Gasteiger partial charge on any atom is -0.494 e. The number of benzene rings is 3. The molecule has 0 spiro atoms. The summed E-state index contributed by atoms with van der Waals surface area (Å²) >= 11 is 7.02. The number of unbranched alkanes of at least 4 members (excludes halogenated alkanes) is 10. The molecule has 0 N–H and O–H groups in total. The predicted molar refractivity (Wildman–Crippen MR) is 198 cm³/mol. The van der Waals surface area contributed by atoms with Crippen LogP contribution in [-0.2, 0) is 10.8 Å². The molecule has 0 radical (unpaired) electrons. The van der Waals surface area contributed by atoms with E-state index in [1.54, 1.807) is 0 Å². The minimum atomic E-state index is -0.0943. The first-order valence-electron chi connectivity index (χ1n) is 17.0. The predicted octanol–water partition coefficient (Wildman–Crippen LogP) is 12.6. The van der Waals surface area contributed by atoms with Crippen LogP contribution in [0.2, 0.25) is 0 Å². The van der Waals surface area contributed by atoms with Crippen LogP contribution in [0.1, 0.15) is 127 Å². The van der Waals surface area contributed by atoms with E-state index in [4.69, 9.17) is 9.47 Å². The Hall–Kier alpha value is -1.78. The molecule has 3 aromatic rings. The highest BCUT2D eigenvalue weighted by atomic mass is 79.9. The fourth-order valence-electron chi connectivity index (χ4n) is 5.76. The molecule has 3 aromatic carbocycles. The van der Waals surface area contributed by atoms with E-state index >= 15 is 0 Å². The monoisotopic (exact) mass is 726 g/mol. The van der Waals surface area contributed by atoms with E-state index in [1.807, 2.05) is 0 Å². The number of hydrogen-bond donors (Lipinski definition) is 0. The van der Waals surface area contributed by atoms with E-state index in [1.165, 1.54) is 86.5 Å². The molecule has 0 aliphatic rings. The number of hydrogen-bond acceptors (Lipinski definition) is 2. The highest BCUT2D eigenvalue weighted by molar-refractivity contribution is 9.09. The topological polar surface area (TPSA) is 18.5 Å². The second kappa shape index (κ2) is 19.7. The number of ether oxygens (including phenoxy) is 2. The fraction of sp³-hybridized carbons (Fsp3) is 0.550. The van der Waals surface area contributed by atoms with Crippen LogP contribution in [0.3, 0.4) is 0 Å². The van der Waals surface area contributed by atoms with Crippen molar-refractivity contribution in [1.29, 1.82) is 0 Å². The summed E-state index contributed by atoms with van der Waals surface area (Å²) in [4.78, 5) is 0. The smallest absolute Gasteiger partial charge is 0.119 e. The second-order valence-corrected chi connectivity index (χ2v) is 14.8. The lowest BCUT2D eigenvalue weighted by Gasteiger charge is -2.29. The summed E-state index contributed by atoms with van der Waals surface area (Å²) in [6.07, 6.45) is 15.2. The molecule has 0 unspecified atom stereocenters. The van der Waals surface area contributed by atoms with Gasteiger partial charge < -0.3 is 9.47 Å². The van der Waals surface area contributed by atoms with Crippen LogP contribution in [0.15, 0.2) is 72.8 Å². The molecule has 0 saturated carbocycles. The van der Waals surface area contributed by atoms with Gasteiger partial charge in [-0.3, -0.25) is 0 Å². The SMILES string of the molecule is CC(C)(c1ccc(OCCCCCCCCBr)cc1)c1ccc(C(C)(C)c2ccc(OCCCCCCCCBr)cc2)cc1. The van der Waals surface area contributed by atoms with Crippen LogP contribution in [-0.4, -0.2) is 23.9 Å². The van der Waals surface area contributed by atoms with Crippen molar-refractivity contribution in [2.45, 2.75) is 116 Å². The Morgan fingerprint density at radius 3 is 0.932 bits per heavy atom. The van der Waals surface area contributed by atoms with Gasteiger partial charge in [0.1, 0.15) is 11.5 Å². The molecule has 0 fully saturated rings. The standard InChI is InChI=1S/C40H56Br2O2/c1-39(2,35-21-25-37(26-22-35)43-31-15-11-7-5-9-13-29-41)33-17-19-34(20-18-33)40(3,4)36-23-27-38(28-24-36)44-32-16-12-8-6-10-14-30-42/h17-28H,5-16,29-32H2,1-4H3. The van der Waals surface area contributed by atoms with Crippen molar-refractivity contribution < 1.29 is 9.47 Å². The summed E-state index contributed by atoms with van der Waals surface area (Å²) in [6, 6.07) is 26.6. The molecule has 0 saturated heterocycles. The molecule has 0 aliphatic carbocycles. The highest BCUT2D eigenvalue weighted by Gasteiger charge is 2.26. The van der Waals surface area contributed by atoms with Gasteiger partial charge in [-0.1, -0.05) is 159 Å². The highest BCUT2D eigenvalue weighted by Crippen LogP contribution is 2.36. The maximum absolute atomic E-state index is 6.04. The van der Waals surface area contributed by atoms with E-state index in [0.717, 1.165) is 48.2 Å². The lowest BCUT2D eigenvalue weighted by Crippen LogP contribution is -2.21. The van der Waals surface area contributed by atoms with E-state index in [0.29, 0.717) is 0 Å². The van der Waals surface area contributed by atoms with Crippen LogP contribution >= 0.6 is 31.9 Å². The summed E-state index contributed by atoms with van der Waals surface area (Å²) in [7, 11) is 0. The summed E-state index contributed by atoms with van der Waals surface area (Å²) in [5.74, 6) is 1.93. The van der Waals surface area contributed by atoms with Crippen molar-refractivity contribution in [3.05, 3.63) is 95.1 Å². The van der Waals surface area contributed by atoms with Gasteiger partial charge in [-0.15, -0.1) is 0 Å². The van der Waals surface area contributed by atoms with Gasteiger partial charge in [-0.2, -0.15) is 0 Å². The molecule has 3 rings (SSSR count). The quantitative estimate of drug-likeness (QED) is 0.0758. The number of alkyl halides is 2. The molecule has 0 amide bonds. The van der Waals surface area contributed by atoms with Crippen molar-refractivity contribution in [3.63, 3.8) is 0 Å². The molecule has 0 atom stereocenters. The Bertz CT molecular complexity index is 1070. The van der Waals surface area contributed by atoms with Gasteiger partial charge in [0.2, 0.25) is 0 Å². The zero-order valence-electron chi connectivity index (χ0n) is 27.8. The van der Waals surface area contributed by atoms with E-state index in [2.05, 4.69) is 132 Å². The Morgan fingerprint density at radius 1 is 0.386 bits per heavy atom. The Morgan fingerprint density at radius 2 is 0.636 bits per heavy atom. The first-order valence-corrected chi connectivity index (χ1v) is 19.2. The van der Waals surface area contributed by atoms with Crippen molar-refractivity contribution in [2.75, 3.05) is 23.9 Å². The lowest BCUT2D eigenvalue weighted by molar-refractivity contribution is 0.304. The lowest BCUT2D eigenvalue weighted by atomic mass is 9.74. The van der Waals surface area contributed by atoms with Gasteiger partial charge in [0.25, 0.3) is 0 Å². The third-order valence-corrected chi connectivity index (χ3v) is 10.2.